The summed E-state index contributed by atoms with van der Waals surface area (Å²) in [5.74, 6) is -2.35. The predicted octanol–water partition coefficient (Wildman–Crippen LogP) is 1.88. The second-order valence-electron chi connectivity index (χ2n) is 9.13. The van der Waals surface area contributed by atoms with Crippen LogP contribution in [0.5, 0.6) is 0 Å². The van der Waals surface area contributed by atoms with Gasteiger partial charge in [0.15, 0.2) is 5.96 Å². The Balaban J connectivity index is 1.85. The van der Waals surface area contributed by atoms with Crippen LogP contribution in [0.25, 0.3) is 10.8 Å². The standard InChI is InChI=1S/C26H29N5O5S/c27-25(28)30-20-9-5-6-17(14-20)16-26(29,24(34)31-13-4-3-10-22(31)23(32)33)37(35,36)21-12-11-18-7-1-2-8-19(18)15-21/h1-2,5-9,11-12,14-15,22H,3-4,10,13,16,29H2,(H,32,33)(H4,27,28,30)/t22?,26-/m1/s1. The quantitative estimate of drug-likeness (QED) is 0.267. The molecule has 1 heterocycles. The molecule has 194 valence electrons. The van der Waals surface area contributed by atoms with Gasteiger partial charge in [-0.25, -0.2) is 18.2 Å². The minimum absolute atomic E-state index is 0.0933. The molecule has 0 bridgehead atoms. The monoisotopic (exact) mass is 523 g/mol. The molecule has 1 aliphatic rings. The predicted molar refractivity (Wildman–Crippen MR) is 141 cm³/mol. The minimum atomic E-state index is -4.52. The molecule has 7 N–H and O–H groups in total. The summed E-state index contributed by atoms with van der Waals surface area (Å²) < 4.78 is 28.3. The Morgan fingerprint density at radius 3 is 2.43 bits per heavy atom. The highest BCUT2D eigenvalue weighted by atomic mass is 32.2. The van der Waals surface area contributed by atoms with Crippen LogP contribution in [0.4, 0.5) is 5.69 Å². The largest absolute Gasteiger partial charge is 0.480 e. The highest BCUT2D eigenvalue weighted by Gasteiger charge is 2.52. The van der Waals surface area contributed by atoms with Crippen LogP contribution in [0.3, 0.4) is 0 Å². The third-order valence-corrected chi connectivity index (χ3v) is 8.71. The van der Waals surface area contributed by atoms with Crippen LogP contribution in [0.15, 0.2) is 76.6 Å². The van der Waals surface area contributed by atoms with E-state index in [9.17, 15) is 23.1 Å². The van der Waals surface area contributed by atoms with Crippen molar-refractivity contribution in [2.45, 2.75) is 41.5 Å². The van der Waals surface area contributed by atoms with Crippen LogP contribution in [0.2, 0.25) is 0 Å². The van der Waals surface area contributed by atoms with E-state index in [-0.39, 0.29) is 23.8 Å². The molecular weight excluding hydrogens is 494 g/mol. The maximum absolute atomic E-state index is 14.1. The summed E-state index contributed by atoms with van der Waals surface area (Å²) >= 11 is 0. The van der Waals surface area contributed by atoms with Crippen LogP contribution >= 0.6 is 0 Å². The number of carboxylic acid groups (broad SMARTS) is 1. The van der Waals surface area contributed by atoms with Crippen LogP contribution < -0.4 is 17.2 Å². The van der Waals surface area contributed by atoms with Crippen molar-refractivity contribution < 1.29 is 23.1 Å². The van der Waals surface area contributed by atoms with Crippen LogP contribution in [-0.4, -0.2) is 53.7 Å². The van der Waals surface area contributed by atoms with Gasteiger partial charge in [-0.1, -0.05) is 42.5 Å². The van der Waals surface area contributed by atoms with E-state index in [2.05, 4.69) is 4.99 Å². The number of carbonyl (C=O) groups excluding carboxylic acids is 1. The molecular formula is C26H29N5O5S. The van der Waals surface area contributed by atoms with Crippen LogP contribution in [0, 0.1) is 0 Å². The van der Waals surface area contributed by atoms with Gasteiger partial charge in [0, 0.05) is 13.0 Å². The van der Waals surface area contributed by atoms with Gasteiger partial charge in [0.2, 0.25) is 14.7 Å². The number of sulfone groups is 1. The average Bonchev–Trinajstić information content (AvgIpc) is 2.87. The summed E-state index contributed by atoms with van der Waals surface area (Å²) in [5.41, 5.74) is 18.3. The average molecular weight is 524 g/mol. The molecule has 3 aromatic carbocycles. The zero-order valence-electron chi connectivity index (χ0n) is 20.1. The Labute approximate surface area is 214 Å². The first-order chi connectivity index (χ1) is 17.5. The number of aliphatic imine (C=N–C) groups is 1. The number of carboxylic acids is 1. The maximum Gasteiger partial charge on any atom is 0.326 e. The molecule has 0 spiro atoms. The Hall–Kier alpha value is -3.96. The van der Waals surface area contributed by atoms with Crippen molar-refractivity contribution in [1.29, 1.82) is 0 Å². The van der Waals surface area contributed by atoms with Crippen molar-refractivity contribution in [1.82, 2.24) is 4.90 Å². The highest BCUT2D eigenvalue weighted by molar-refractivity contribution is 7.93. The van der Waals surface area contributed by atoms with E-state index in [4.69, 9.17) is 17.2 Å². The van der Waals surface area contributed by atoms with E-state index in [1.54, 1.807) is 36.4 Å². The summed E-state index contributed by atoms with van der Waals surface area (Å²) in [7, 11) is -4.52. The van der Waals surface area contributed by atoms with Crippen molar-refractivity contribution in [2.75, 3.05) is 6.54 Å². The molecule has 0 aromatic heterocycles. The lowest BCUT2D eigenvalue weighted by Crippen LogP contribution is -2.64. The van der Waals surface area contributed by atoms with E-state index < -0.39 is 39.0 Å². The molecule has 11 heteroatoms. The van der Waals surface area contributed by atoms with Crippen molar-refractivity contribution in [3.05, 3.63) is 72.3 Å². The molecule has 4 rings (SSSR count). The first-order valence-electron chi connectivity index (χ1n) is 11.8. The minimum Gasteiger partial charge on any atom is -0.480 e. The topological polar surface area (TPSA) is 182 Å². The number of carbonyl (C=O) groups is 2. The summed E-state index contributed by atoms with van der Waals surface area (Å²) in [6, 6.07) is 17.0. The fraction of sp³-hybridized carbons (Fsp3) is 0.269. The highest BCUT2D eigenvalue weighted by Crippen LogP contribution is 2.32. The number of nitrogens with zero attached hydrogens (tertiary/aromatic N) is 2. The maximum atomic E-state index is 14.1. The fourth-order valence-electron chi connectivity index (χ4n) is 4.69. The number of fused-ring (bicyclic) bond motifs is 1. The number of piperidine rings is 1. The molecule has 1 amide bonds. The third kappa shape index (κ3) is 5.13. The Morgan fingerprint density at radius 2 is 1.73 bits per heavy atom. The molecule has 2 atom stereocenters. The molecule has 1 fully saturated rings. The molecule has 10 nitrogen and oxygen atoms in total. The van der Waals surface area contributed by atoms with Gasteiger partial charge in [-0.3, -0.25) is 4.79 Å². The third-order valence-electron chi connectivity index (χ3n) is 6.56. The van der Waals surface area contributed by atoms with Crippen molar-refractivity contribution in [3.63, 3.8) is 0 Å². The van der Waals surface area contributed by atoms with Gasteiger partial charge in [-0.15, -0.1) is 0 Å². The molecule has 0 aliphatic carbocycles. The summed E-state index contributed by atoms with van der Waals surface area (Å²) in [4.78, 5) is 28.4. The number of amides is 1. The number of nitrogens with two attached hydrogens (primary N) is 3. The first-order valence-corrected chi connectivity index (χ1v) is 13.3. The number of likely N-dealkylation sites (tertiary alicyclic amines) is 1. The fourth-order valence-corrected chi connectivity index (χ4v) is 6.35. The van der Waals surface area contributed by atoms with Crippen molar-refractivity contribution in [2.24, 2.45) is 22.2 Å². The van der Waals surface area contributed by atoms with Gasteiger partial charge >= 0.3 is 5.97 Å². The molecule has 37 heavy (non-hydrogen) atoms. The molecule has 1 unspecified atom stereocenters. The zero-order valence-corrected chi connectivity index (χ0v) is 20.9. The van der Waals surface area contributed by atoms with E-state index >= 15 is 0 Å². The van der Waals surface area contributed by atoms with E-state index in [1.165, 1.54) is 18.2 Å². The van der Waals surface area contributed by atoms with Crippen molar-refractivity contribution in [3.8, 4) is 0 Å². The van der Waals surface area contributed by atoms with Crippen molar-refractivity contribution >= 4 is 44.1 Å². The molecule has 1 saturated heterocycles. The summed E-state index contributed by atoms with van der Waals surface area (Å²) in [6.45, 7) is 0.0933. The lowest BCUT2D eigenvalue weighted by atomic mass is 9.98. The number of guanidine groups is 1. The molecule has 3 aromatic rings. The Morgan fingerprint density at radius 1 is 1.00 bits per heavy atom. The zero-order chi connectivity index (χ0) is 26.8. The van der Waals surface area contributed by atoms with E-state index in [1.807, 2.05) is 12.1 Å². The van der Waals surface area contributed by atoms with Gasteiger partial charge < -0.3 is 27.2 Å². The number of hydrogen-bond donors (Lipinski definition) is 4. The van der Waals surface area contributed by atoms with Gasteiger partial charge in [-0.05, 0) is 59.9 Å². The van der Waals surface area contributed by atoms with Crippen LogP contribution in [-0.2, 0) is 25.8 Å². The van der Waals surface area contributed by atoms with Gasteiger partial charge in [0.05, 0.1) is 10.6 Å². The lowest BCUT2D eigenvalue weighted by Gasteiger charge is -2.39. The van der Waals surface area contributed by atoms with Gasteiger partial charge in [0.1, 0.15) is 6.04 Å². The summed E-state index contributed by atoms with van der Waals surface area (Å²) in [6.07, 6.45) is 0.947. The van der Waals surface area contributed by atoms with E-state index in [0.29, 0.717) is 29.5 Å². The molecule has 1 aliphatic heterocycles. The normalized spacial score (nSPS) is 17.6. The number of hydrogen-bond acceptors (Lipinski definition) is 6. The Bertz CT molecular complexity index is 1490. The smallest absolute Gasteiger partial charge is 0.326 e. The Kier molecular flexibility index (Phi) is 7.19. The second kappa shape index (κ2) is 10.2. The number of rotatable bonds is 7. The second-order valence-corrected chi connectivity index (χ2v) is 11.3. The number of aliphatic carboxylic acids is 1. The molecule has 0 radical (unpaired) electrons. The SMILES string of the molecule is NC(N)=Nc1cccc(C[C@](N)(C(=O)N2CCCCC2C(=O)O)S(=O)(=O)c2ccc3ccccc3c2)c1. The summed E-state index contributed by atoms with van der Waals surface area (Å²) in [5, 5.41) is 11.2. The van der Waals surface area contributed by atoms with E-state index in [0.717, 1.165) is 10.3 Å². The van der Waals surface area contributed by atoms with Crippen LogP contribution in [0.1, 0.15) is 24.8 Å². The first kappa shape index (κ1) is 26.1. The van der Waals surface area contributed by atoms with Gasteiger partial charge in [-0.2, -0.15) is 0 Å². The number of benzene rings is 3. The molecule has 0 saturated carbocycles. The lowest BCUT2D eigenvalue weighted by molar-refractivity contribution is -0.153. The van der Waals surface area contributed by atoms with Gasteiger partial charge in [0.25, 0.3) is 5.91 Å².